The predicted octanol–water partition coefficient (Wildman–Crippen LogP) is 4.55. The van der Waals surface area contributed by atoms with Crippen LogP contribution in [0.5, 0.6) is 0 Å². The first-order valence-corrected chi connectivity index (χ1v) is 7.14. The van der Waals surface area contributed by atoms with Crippen molar-refractivity contribution in [2.24, 2.45) is 0 Å². The standard InChI is InChI=1S/C15H10F3N3S/c16-10-5-6-11(14(18)13(10)17)20-15-21-12(7-22-15)8-1-3-9(19)4-2-8/h1-7H,19H2,(H,20,21). The van der Waals surface area contributed by atoms with E-state index in [4.69, 9.17) is 5.73 Å². The van der Waals surface area contributed by atoms with Crippen LogP contribution in [-0.4, -0.2) is 4.98 Å². The highest BCUT2D eigenvalue weighted by Crippen LogP contribution is 2.29. The molecule has 0 fully saturated rings. The lowest BCUT2D eigenvalue weighted by atomic mass is 10.1. The maximum atomic E-state index is 13.6. The molecule has 3 rings (SSSR count). The molecule has 0 radical (unpaired) electrons. The molecule has 7 heteroatoms. The number of rotatable bonds is 3. The Bertz CT molecular complexity index is 815. The zero-order chi connectivity index (χ0) is 15.7. The molecule has 2 aromatic carbocycles. The number of anilines is 3. The number of hydrogen-bond donors (Lipinski definition) is 2. The molecule has 0 spiro atoms. The molecule has 0 atom stereocenters. The quantitative estimate of drug-likeness (QED) is 0.549. The zero-order valence-corrected chi connectivity index (χ0v) is 11.9. The van der Waals surface area contributed by atoms with Gasteiger partial charge in [-0.1, -0.05) is 12.1 Å². The van der Waals surface area contributed by atoms with E-state index in [1.165, 1.54) is 11.3 Å². The lowest BCUT2D eigenvalue weighted by Gasteiger charge is -2.05. The Morgan fingerprint density at radius 2 is 1.68 bits per heavy atom. The Balaban J connectivity index is 1.86. The lowest BCUT2D eigenvalue weighted by molar-refractivity contribution is 0.449. The summed E-state index contributed by atoms with van der Waals surface area (Å²) in [5.41, 5.74) is 7.62. The van der Waals surface area contributed by atoms with Crippen molar-refractivity contribution in [2.45, 2.75) is 0 Å². The molecule has 0 saturated heterocycles. The molecule has 0 aliphatic rings. The summed E-state index contributed by atoms with van der Waals surface area (Å²) >= 11 is 1.23. The van der Waals surface area contributed by atoms with Gasteiger partial charge in [-0.15, -0.1) is 11.3 Å². The van der Waals surface area contributed by atoms with E-state index in [9.17, 15) is 13.2 Å². The van der Waals surface area contributed by atoms with E-state index in [0.717, 1.165) is 17.7 Å². The summed E-state index contributed by atoms with van der Waals surface area (Å²) in [6.45, 7) is 0. The van der Waals surface area contributed by atoms with Gasteiger partial charge in [-0.2, -0.15) is 0 Å². The number of benzene rings is 2. The largest absolute Gasteiger partial charge is 0.399 e. The molecule has 1 aromatic heterocycles. The Morgan fingerprint density at radius 3 is 2.41 bits per heavy atom. The zero-order valence-electron chi connectivity index (χ0n) is 11.1. The van der Waals surface area contributed by atoms with Crippen LogP contribution >= 0.6 is 11.3 Å². The number of nitrogens with two attached hydrogens (primary N) is 1. The molecule has 0 bridgehead atoms. The van der Waals surface area contributed by atoms with Gasteiger partial charge < -0.3 is 11.1 Å². The summed E-state index contributed by atoms with van der Waals surface area (Å²) in [4.78, 5) is 4.28. The Labute approximate surface area is 128 Å². The van der Waals surface area contributed by atoms with Crippen LogP contribution in [0.1, 0.15) is 0 Å². The van der Waals surface area contributed by atoms with Crippen LogP contribution in [0.4, 0.5) is 29.7 Å². The molecule has 0 unspecified atom stereocenters. The van der Waals surface area contributed by atoms with Gasteiger partial charge >= 0.3 is 0 Å². The highest BCUT2D eigenvalue weighted by Gasteiger charge is 2.14. The van der Waals surface area contributed by atoms with Crippen molar-refractivity contribution < 1.29 is 13.2 Å². The number of thiazole rings is 1. The van der Waals surface area contributed by atoms with Gasteiger partial charge in [-0.05, 0) is 24.3 Å². The lowest BCUT2D eigenvalue weighted by Crippen LogP contribution is -1.98. The number of hydrogen-bond acceptors (Lipinski definition) is 4. The van der Waals surface area contributed by atoms with Gasteiger partial charge in [0.2, 0.25) is 0 Å². The smallest absolute Gasteiger partial charge is 0.196 e. The monoisotopic (exact) mass is 321 g/mol. The number of halogens is 3. The minimum atomic E-state index is -1.51. The third kappa shape index (κ3) is 2.75. The second kappa shape index (κ2) is 5.69. The van der Waals surface area contributed by atoms with E-state index in [-0.39, 0.29) is 5.69 Å². The van der Waals surface area contributed by atoms with Gasteiger partial charge in [-0.25, -0.2) is 18.2 Å². The number of aromatic nitrogens is 1. The number of nitrogens with one attached hydrogen (secondary N) is 1. The molecule has 112 valence electrons. The van der Waals surface area contributed by atoms with E-state index in [0.29, 0.717) is 16.5 Å². The molecule has 0 aliphatic carbocycles. The van der Waals surface area contributed by atoms with E-state index in [1.54, 1.807) is 17.5 Å². The third-order valence-electron chi connectivity index (χ3n) is 2.99. The molecular formula is C15H10F3N3S. The molecule has 3 nitrogen and oxygen atoms in total. The normalized spacial score (nSPS) is 10.7. The maximum absolute atomic E-state index is 13.6. The summed E-state index contributed by atoms with van der Waals surface area (Å²) in [5.74, 6) is -4.02. The first kappa shape index (κ1) is 14.4. The van der Waals surface area contributed by atoms with Crippen LogP contribution in [-0.2, 0) is 0 Å². The number of nitrogens with zero attached hydrogens (tertiary/aromatic N) is 1. The van der Waals surface area contributed by atoms with Crippen LogP contribution < -0.4 is 11.1 Å². The van der Waals surface area contributed by atoms with Gasteiger partial charge in [0.1, 0.15) is 0 Å². The van der Waals surface area contributed by atoms with Crippen molar-refractivity contribution in [1.82, 2.24) is 4.98 Å². The summed E-state index contributed by atoms with van der Waals surface area (Å²) in [6.07, 6.45) is 0. The Morgan fingerprint density at radius 1 is 0.955 bits per heavy atom. The van der Waals surface area contributed by atoms with Crippen LogP contribution in [0.15, 0.2) is 41.8 Å². The molecule has 0 amide bonds. The van der Waals surface area contributed by atoms with Gasteiger partial charge in [0, 0.05) is 16.6 Å². The average molecular weight is 321 g/mol. The van der Waals surface area contributed by atoms with Crippen molar-refractivity contribution in [3.05, 3.63) is 59.2 Å². The average Bonchev–Trinajstić information content (AvgIpc) is 2.97. The topological polar surface area (TPSA) is 50.9 Å². The SMILES string of the molecule is Nc1ccc(-c2csc(Nc3ccc(F)c(F)c3F)n2)cc1. The molecule has 0 saturated carbocycles. The van der Waals surface area contributed by atoms with Crippen molar-refractivity contribution in [1.29, 1.82) is 0 Å². The minimum Gasteiger partial charge on any atom is -0.399 e. The van der Waals surface area contributed by atoms with Crippen molar-refractivity contribution in [2.75, 3.05) is 11.1 Å². The van der Waals surface area contributed by atoms with Gasteiger partial charge in [0.25, 0.3) is 0 Å². The van der Waals surface area contributed by atoms with E-state index < -0.39 is 17.5 Å². The summed E-state index contributed by atoms with van der Waals surface area (Å²) in [5, 5.41) is 4.78. The summed E-state index contributed by atoms with van der Waals surface area (Å²) < 4.78 is 39.7. The van der Waals surface area contributed by atoms with Gasteiger partial charge in [0.15, 0.2) is 22.6 Å². The first-order valence-electron chi connectivity index (χ1n) is 6.26. The van der Waals surface area contributed by atoms with Crippen LogP contribution in [0.2, 0.25) is 0 Å². The highest BCUT2D eigenvalue weighted by atomic mass is 32.1. The third-order valence-corrected chi connectivity index (χ3v) is 3.75. The molecule has 3 aromatic rings. The summed E-state index contributed by atoms with van der Waals surface area (Å²) in [7, 11) is 0. The van der Waals surface area contributed by atoms with E-state index in [1.807, 2.05) is 12.1 Å². The predicted molar refractivity (Wildman–Crippen MR) is 81.6 cm³/mol. The molecule has 1 heterocycles. The number of nitrogen functional groups attached to an aromatic ring is 1. The Kier molecular flexibility index (Phi) is 3.72. The van der Waals surface area contributed by atoms with Crippen LogP contribution in [0.3, 0.4) is 0 Å². The van der Waals surface area contributed by atoms with Gasteiger partial charge in [0.05, 0.1) is 11.4 Å². The fraction of sp³-hybridized carbons (Fsp3) is 0. The van der Waals surface area contributed by atoms with E-state index >= 15 is 0 Å². The van der Waals surface area contributed by atoms with E-state index in [2.05, 4.69) is 10.3 Å². The molecular weight excluding hydrogens is 311 g/mol. The minimum absolute atomic E-state index is 0.169. The van der Waals surface area contributed by atoms with Crippen LogP contribution in [0.25, 0.3) is 11.3 Å². The maximum Gasteiger partial charge on any atom is 0.196 e. The van der Waals surface area contributed by atoms with Crippen LogP contribution in [0, 0.1) is 17.5 Å². The molecule has 0 aliphatic heterocycles. The van der Waals surface area contributed by atoms with Gasteiger partial charge in [-0.3, -0.25) is 0 Å². The first-order chi connectivity index (χ1) is 10.5. The van der Waals surface area contributed by atoms with Crippen molar-refractivity contribution in [3.63, 3.8) is 0 Å². The second-order valence-corrected chi connectivity index (χ2v) is 5.37. The fourth-order valence-corrected chi connectivity index (χ4v) is 2.59. The van der Waals surface area contributed by atoms with Crippen molar-refractivity contribution >= 4 is 27.8 Å². The van der Waals surface area contributed by atoms with Crippen molar-refractivity contribution in [3.8, 4) is 11.3 Å². The highest BCUT2D eigenvalue weighted by molar-refractivity contribution is 7.14. The fourth-order valence-electron chi connectivity index (χ4n) is 1.86. The summed E-state index contributed by atoms with van der Waals surface area (Å²) in [6, 6.07) is 9.10. The molecule has 22 heavy (non-hydrogen) atoms. The molecule has 3 N–H and O–H groups in total. The second-order valence-electron chi connectivity index (χ2n) is 4.51. The Hall–Kier alpha value is -2.54.